The van der Waals surface area contributed by atoms with Crippen LogP contribution in [0.1, 0.15) is 32.8 Å². The van der Waals surface area contributed by atoms with Gasteiger partial charge >= 0.3 is 0 Å². The van der Waals surface area contributed by atoms with E-state index >= 15 is 0 Å². The first-order valence-electron chi connectivity index (χ1n) is 7.80. The summed E-state index contributed by atoms with van der Waals surface area (Å²) in [6.45, 7) is 10.4. The van der Waals surface area contributed by atoms with Crippen LogP contribution in [0, 0.1) is 11.7 Å². The number of methoxy groups -OCH3 is 1. The average molecular weight is 296 g/mol. The molecule has 120 valence electrons. The number of ether oxygens (including phenoxy) is 1. The van der Waals surface area contributed by atoms with Crippen LogP contribution in [0.3, 0.4) is 0 Å². The highest BCUT2D eigenvalue weighted by atomic mass is 19.1. The molecule has 0 aliphatic rings. The summed E-state index contributed by atoms with van der Waals surface area (Å²) in [6.07, 6.45) is 1.08. The van der Waals surface area contributed by atoms with Crippen molar-refractivity contribution in [2.45, 2.75) is 33.7 Å². The lowest BCUT2D eigenvalue weighted by Crippen LogP contribution is -2.31. The third kappa shape index (κ3) is 6.91. The Morgan fingerprint density at radius 3 is 2.67 bits per heavy atom. The van der Waals surface area contributed by atoms with Crippen LogP contribution in [-0.4, -0.2) is 33.4 Å². The molecule has 0 amide bonds. The van der Waals surface area contributed by atoms with Crippen molar-refractivity contribution in [1.82, 2.24) is 5.32 Å². The average Bonchev–Trinajstić information content (AvgIpc) is 2.43. The van der Waals surface area contributed by atoms with Crippen LogP contribution in [0.25, 0.3) is 0 Å². The molecule has 0 heterocycles. The summed E-state index contributed by atoms with van der Waals surface area (Å²) in [6, 6.07) is 5.29. The molecule has 0 radical (unpaired) electrons. The van der Waals surface area contributed by atoms with Gasteiger partial charge in [0.2, 0.25) is 0 Å². The quantitative estimate of drug-likeness (QED) is 0.669. The number of rotatable bonds is 10. The molecule has 0 saturated heterocycles. The van der Waals surface area contributed by atoms with Gasteiger partial charge in [0.05, 0.1) is 6.61 Å². The lowest BCUT2D eigenvalue weighted by atomic mass is 10.1. The van der Waals surface area contributed by atoms with Gasteiger partial charge in [-0.05, 0) is 42.6 Å². The third-order valence-corrected chi connectivity index (χ3v) is 3.21. The molecular formula is C17H29FN2O. The van der Waals surface area contributed by atoms with Gasteiger partial charge in [-0.3, -0.25) is 0 Å². The maximum absolute atomic E-state index is 13.9. The monoisotopic (exact) mass is 296 g/mol. The Kier molecular flexibility index (Phi) is 8.31. The maximum atomic E-state index is 13.9. The molecule has 0 fully saturated rings. The second-order valence-corrected chi connectivity index (χ2v) is 5.83. The van der Waals surface area contributed by atoms with Crippen molar-refractivity contribution >= 4 is 5.69 Å². The Labute approximate surface area is 128 Å². The van der Waals surface area contributed by atoms with E-state index < -0.39 is 0 Å². The van der Waals surface area contributed by atoms with Crippen molar-refractivity contribution in [3.05, 3.63) is 29.6 Å². The molecule has 0 bridgehead atoms. The van der Waals surface area contributed by atoms with Crippen LogP contribution in [0.15, 0.2) is 18.2 Å². The standard InChI is InChI=1S/C17H29FN2O/c1-5-6-19-12-15-9-16(18)11-17(10-15)20(7-8-21-4)13-14(2)3/h9-11,14,19H,5-8,12-13H2,1-4H3. The molecule has 0 unspecified atom stereocenters. The van der Waals surface area contributed by atoms with Gasteiger partial charge in [0.15, 0.2) is 0 Å². The van der Waals surface area contributed by atoms with Crippen LogP contribution in [0.4, 0.5) is 10.1 Å². The summed E-state index contributed by atoms with van der Waals surface area (Å²) < 4.78 is 19.0. The van der Waals surface area contributed by atoms with Crippen molar-refractivity contribution in [3.63, 3.8) is 0 Å². The molecule has 3 nitrogen and oxygen atoms in total. The second-order valence-electron chi connectivity index (χ2n) is 5.83. The minimum absolute atomic E-state index is 0.174. The first kappa shape index (κ1) is 17.9. The Morgan fingerprint density at radius 2 is 2.05 bits per heavy atom. The van der Waals surface area contributed by atoms with Crippen molar-refractivity contribution in [1.29, 1.82) is 0 Å². The zero-order valence-electron chi connectivity index (χ0n) is 13.8. The van der Waals surface area contributed by atoms with Gasteiger partial charge in [0.1, 0.15) is 5.82 Å². The Balaban J connectivity index is 2.84. The van der Waals surface area contributed by atoms with Crippen molar-refractivity contribution in [3.8, 4) is 0 Å². The minimum atomic E-state index is -0.174. The fourth-order valence-corrected chi connectivity index (χ4v) is 2.30. The minimum Gasteiger partial charge on any atom is -0.383 e. The van der Waals surface area contributed by atoms with Crippen LogP contribution in [0.2, 0.25) is 0 Å². The van der Waals surface area contributed by atoms with E-state index in [1.165, 1.54) is 0 Å². The van der Waals surface area contributed by atoms with Gasteiger partial charge in [0, 0.05) is 32.4 Å². The second kappa shape index (κ2) is 9.74. The Hall–Kier alpha value is -1.13. The predicted octanol–water partition coefficient (Wildman–Crippen LogP) is 3.43. The summed E-state index contributed by atoms with van der Waals surface area (Å²) in [7, 11) is 1.69. The van der Waals surface area contributed by atoms with Gasteiger partial charge in [-0.2, -0.15) is 0 Å². The van der Waals surface area contributed by atoms with Gasteiger partial charge in [0.25, 0.3) is 0 Å². The topological polar surface area (TPSA) is 24.5 Å². The molecule has 0 spiro atoms. The van der Waals surface area contributed by atoms with E-state index in [0.29, 0.717) is 19.1 Å². The van der Waals surface area contributed by atoms with Crippen molar-refractivity contribution < 1.29 is 9.13 Å². The molecule has 0 aliphatic carbocycles. The molecule has 0 aromatic heterocycles. The Bertz CT molecular complexity index is 410. The summed E-state index contributed by atoms with van der Waals surface area (Å²) in [5.74, 6) is 0.346. The van der Waals surface area contributed by atoms with Gasteiger partial charge in [-0.25, -0.2) is 4.39 Å². The largest absolute Gasteiger partial charge is 0.383 e. The normalized spacial score (nSPS) is 11.1. The molecule has 0 saturated carbocycles. The smallest absolute Gasteiger partial charge is 0.125 e. The van der Waals surface area contributed by atoms with E-state index in [9.17, 15) is 4.39 Å². The van der Waals surface area contributed by atoms with Gasteiger partial charge in [-0.1, -0.05) is 20.8 Å². The lowest BCUT2D eigenvalue weighted by molar-refractivity contribution is 0.204. The number of anilines is 1. The van der Waals surface area contributed by atoms with Crippen molar-refractivity contribution in [2.24, 2.45) is 5.92 Å². The molecular weight excluding hydrogens is 267 g/mol. The number of hydrogen-bond acceptors (Lipinski definition) is 3. The van der Waals surface area contributed by atoms with Crippen molar-refractivity contribution in [2.75, 3.05) is 38.3 Å². The summed E-state index contributed by atoms with van der Waals surface area (Å²) in [5.41, 5.74) is 1.93. The lowest BCUT2D eigenvalue weighted by Gasteiger charge is -2.27. The molecule has 21 heavy (non-hydrogen) atoms. The summed E-state index contributed by atoms with van der Waals surface area (Å²) >= 11 is 0. The van der Waals surface area contributed by atoms with Crippen LogP contribution < -0.4 is 10.2 Å². The highest BCUT2D eigenvalue weighted by Gasteiger charge is 2.11. The molecule has 0 atom stereocenters. The zero-order chi connectivity index (χ0) is 15.7. The number of benzene rings is 1. The van der Waals surface area contributed by atoms with Crippen LogP contribution in [0.5, 0.6) is 0 Å². The first-order chi connectivity index (χ1) is 10.1. The fourth-order valence-electron chi connectivity index (χ4n) is 2.30. The number of nitrogens with one attached hydrogen (secondary N) is 1. The summed E-state index contributed by atoms with van der Waals surface area (Å²) in [4.78, 5) is 2.20. The predicted molar refractivity (Wildman–Crippen MR) is 87.3 cm³/mol. The highest BCUT2D eigenvalue weighted by Crippen LogP contribution is 2.20. The molecule has 4 heteroatoms. The SMILES string of the molecule is CCCNCc1cc(F)cc(N(CCOC)CC(C)C)c1. The number of halogens is 1. The van der Waals surface area contributed by atoms with Crippen LogP contribution >= 0.6 is 0 Å². The molecule has 1 N–H and O–H groups in total. The van der Waals surface area contributed by atoms with Gasteiger partial charge < -0.3 is 15.0 Å². The highest BCUT2D eigenvalue weighted by molar-refractivity contribution is 5.49. The van der Waals surface area contributed by atoms with E-state index in [4.69, 9.17) is 4.74 Å². The Morgan fingerprint density at radius 1 is 1.29 bits per heavy atom. The maximum Gasteiger partial charge on any atom is 0.125 e. The van der Waals surface area contributed by atoms with E-state index in [1.54, 1.807) is 19.2 Å². The number of hydrogen-bond donors (Lipinski definition) is 1. The van der Waals surface area contributed by atoms with E-state index in [-0.39, 0.29) is 5.82 Å². The summed E-state index contributed by atoms with van der Waals surface area (Å²) in [5, 5.41) is 3.32. The van der Waals surface area contributed by atoms with E-state index in [1.807, 2.05) is 0 Å². The third-order valence-electron chi connectivity index (χ3n) is 3.21. The van der Waals surface area contributed by atoms with E-state index in [2.05, 4.69) is 37.1 Å². The first-order valence-corrected chi connectivity index (χ1v) is 7.80. The molecule has 1 rings (SSSR count). The van der Waals surface area contributed by atoms with E-state index in [0.717, 1.165) is 37.3 Å². The number of nitrogens with zero attached hydrogens (tertiary/aromatic N) is 1. The molecule has 1 aromatic rings. The zero-order valence-corrected chi connectivity index (χ0v) is 13.8. The van der Waals surface area contributed by atoms with Gasteiger partial charge in [-0.15, -0.1) is 0 Å². The fraction of sp³-hybridized carbons (Fsp3) is 0.647. The molecule has 0 aliphatic heterocycles. The van der Waals surface area contributed by atoms with Crippen LogP contribution in [-0.2, 0) is 11.3 Å². The molecule has 1 aromatic carbocycles.